The second kappa shape index (κ2) is 11.0. The maximum atomic E-state index is 14.8. The van der Waals surface area contributed by atoms with Crippen LogP contribution in [-0.2, 0) is 0 Å². The molecule has 0 spiro atoms. The summed E-state index contributed by atoms with van der Waals surface area (Å²) in [5.41, 5.74) is 8.78. The lowest BCUT2D eigenvalue weighted by Crippen LogP contribution is -2.47. The van der Waals surface area contributed by atoms with Crippen LogP contribution in [0, 0.1) is 11.7 Å². The molecule has 2 aromatic carbocycles. The van der Waals surface area contributed by atoms with Crippen LogP contribution >= 0.6 is 0 Å². The van der Waals surface area contributed by atoms with E-state index in [1.807, 2.05) is 24.3 Å². The number of nitrogens with zero attached hydrogens (tertiary/aromatic N) is 2. The van der Waals surface area contributed by atoms with Crippen molar-refractivity contribution in [2.75, 3.05) is 50.8 Å². The number of fused-ring (bicyclic) bond motifs is 1. The first kappa shape index (κ1) is 23.4. The molecule has 0 bridgehead atoms. The van der Waals surface area contributed by atoms with Crippen molar-refractivity contribution >= 4 is 5.69 Å². The Labute approximate surface area is 203 Å². The van der Waals surface area contributed by atoms with Crippen LogP contribution in [0.2, 0.25) is 0 Å². The number of ether oxygens (including phenoxy) is 2. The summed E-state index contributed by atoms with van der Waals surface area (Å²) in [7, 11) is 0. The molecule has 0 amide bonds. The van der Waals surface area contributed by atoms with Gasteiger partial charge in [0.1, 0.15) is 19.0 Å². The summed E-state index contributed by atoms with van der Waals surface area (Å²) in [5, 5.41) is 0. The van der Waals surface area contributed by atoms with Gasteiger partial charge in [-0.3, -0.25) is 4.90 Å². The predicted octanol–water partition coefficient (Wildman–Crippen LogP) is 4.80. The molecule has 34 heavy (non-hydrogen) atoms. The van der Waals surface area contributed by atoms with E-state index >= 15 is 0 Å². The Morgan fingerprint density at radius 1 is 0.912 bits per heavy atom. The third-order valence-electron chi connectivity index (χ3n) is 7.98. The van der Waals surface area contributed by atoms with Gasteiger partial charge in [0, 0.05) is 38.1 Å². The zero-order chi connectivity index (χ0) is 23.3. The third kappa shape index (κ3) is 5.18. The maximum Gasteiger partial charge on any atom is 0.184 e. The number of para-hydroxylation sites is 1. The standard InChI is InChI=1S/C28H38FN3O2/c29-24-10-5-4-9-22(24)23(27(30)21-7-2-1-3-8-21)13-14-31-15-17-32(18-16-31)25-11-6-12-26-28(25)34-20-19-33-26/h4-6,9-12,21,23,27H,1-3,7-8,13-20,30H2/t23-,27+/m0/s1. The number of hydrogen-bond donors (Lipinski definition) is 1. The quantitative estimate of drug-likeness (QED) is 0.634. The van der Waals surface area contributed by atoms with Crippen molar-refractivity contribution in [1.82, 2.24) is 4.90 Å². The molecule has 0 radical (unpaired) electrons. The number of benzene rings is 2. The van der Waals surface area contributed by atoms with Gasteiger partial charge in [-0.15, -0.1) is 0 Å². The molecule has 2 atom stereocenters. The van der Waals surface area contributed by atoms with E-state index in [9.17, 15) is 4.39 Å². The smallest absolute Gasteiger partial charge is 0.184 e. The van der Waals surface area contributed by atoms with Crippen LogP contribution in [0.1, 0.15) is 50.0 Å². The van der Waals surface area contributed by atoms with Gasteiger partial charge in [0.05, 0.1) is 5.69 Å². The van der Waals surface area contributed by atoms with E-state index in [2.05, 4.69) is 15.9 Å². The van der Waals surface area contributed by atoms with Gasteiger partial charge in [0.25, 0.3) is 0 Å². The second-order valence-electron chi connectivity index (χ2n) is 10.0. The fourth-order valence-corrected chi connectivity index (χ4v) is 6.02. The van der Waals surface area contributed by atoms with Gasteiger partial charge in [-0.1, -0.05) is 43.5 Å². The topological polar surface area (TPSA) is 51.0 Å². The van der Waals surface area contributed by atoms with Gasteiger partial charge < -0.3 is 20.1 Å². The average molecular weight is 468 g/mol. The van der Waals surface area contributed by atoms with Gasteiger partial charge >= 0.3 is 0 Å². The molecule has 2 N–H and O–H groups in total. The maximum absolute atomic E-state index is 14.8. The van der Waals surface area contributed by atoms with Gasteiger partial charge in [-0.25, -0.2) is 4.39 Å². The zero-order valence-electron chi connectivity index (χ0n) is 20.1. The number of nitrogens with two attached hydrogens (primary N) is 1. The molecule has 1 saturated carbocycles. The molecule has 184 valence electrons. The summed E-state index contributed by atoms with van der Waals surface area (Å²) in [4.78, 5) is 4.90. The van der Waals surface area contributed by atoms with Crippen molar-refractivity contribution in [3.63, 3.8) is 0 Å². The first-order valence-corrected chi connectivity index (χ1v) is 13.1. The van der Waals surface area contributed by atoms with E-state index in [4.69, 9.17) is 15.2 Å². The zero-order valence-corrected chi connectivity index (χ0v) is 20.1. The molecule has 2 heterocycles. The molecule has 3 aliphatic rings. The van der Waals surface area contributed by atoms with E-state index in [1.54, 1.807) is 12.1 Å². The highest BCUT2D eigenvalue weighted by atomic mass is 19.1. The lowest BCUT2D eigenvalue weighted by atomic mass is 9.75. The summed E-state index contributed by atoms with van der Waals surface area (Å²) in [6.07, 6.45) is 7.07. The molecule has 5 rings (SSSR count). The molecule has 6 heteroatoms. The second-order valence-corrected chi connectivity index (χ2v) is 10.0. The average Bonchev–Trinajstić information content (AvgIpc) is 2.90. The Morgan fingerprint density at radius 3 is 2.47 bits per heavy atom. The summed E-state index contributed by atoms with van der Waals surface area (Å²) in [6.45, 7) is 6.00. The lowest BCUT2D eigenvalue weighted by Gasteiger charge is -2.39. The predicted molar refractivity (Wildman–Crippen MR) is 134 cm³/mol. The molecule has 0 unspecified atom stereocenters. The van der Waals surface area contributed by atoms with Gasteiger partial charge in [-0.2, -0.15) is 0 Å². The summed E-state index contributed by atoms with van der Waals surface area (Å²) in [5.74, 6) is 2.17. The Hall–Kier alpha value is -2.31. The highest BCUT2D eigenvalue weighted by molar-refractivity contribution is 5.65. The molecule has 5 nitrogen and oxygen atoms in total. The molecule has 1 aliphatic carbocycles. The van der Waals surface area contributed by atoms with Crippen LogP contribution in [0.4, 0.5) is 10.1 Å². The fourth-order valence-electron chi connectivity index (χ4n) is 6.02. The fraction of sp³-hybridized carbons (Fsp3) is 0.571. The van der Waals surface area contributed by atoms with E-state index < -0.39 is 0 Å². The van der Waals surface area contributed by atoms with Gasteiger partial charge in [0.15, 0.2) is 11.5 Å². The number of hydrogen-bond acceptors (Lipinski definition) is 5. The highest BCUT2D eigenvalue weighted by Crippen LogP contribution is 2.40. The number of rotatable bonds is 7. The summed E-state index contributed by atoms with van der Waals surface area (Å²) >= 11 is 0. The summed E-state index contributed by atoms with van der Waals surface area (Å²) < 4.78 is 26.5. The van der Waals surface area contributed by atoms with E-state index in [-0.39, 0.29) is 17.8 Å². The van der Waals surface area contributed by atoms with Crippen molar-refractivity contribution in [3.8, 4) is 11.5 Å². The number of anilines is 1. The van der Waals surface area contributed by atoms with Crippen LogP contribution in [0.15, 0.2) is 42.5 Å². The Kier molecular flexibility index (Phi) is 7.55. The minimum absolute atomic E-state index is 0.0199. The Bertz CT molecular complexity index is 941. The number of halogens is 1. The molecule has 2 aliphatic heterocycles. The van der Waals surface area contributed by atoms with E-state index in [0.717, 1.165) is 61.9 Å². The molecule has 2 aromatic rings. The SMILES string of the molecule is N[C@H](C1CCCCC1)[C@@H](CCN1CCN(c2cccc3c2OCCO3)CC1)c1ccccc1F. The van der Waals surface area contributed by atoms with Crippen LogP contribution in [0.3, 0.4) is 0 Å². The van der Waals surface area contributed by atoms with Crippen LogP contribution in [0.5, 0.6) is 11.5 Å². The van der Waals surface area contributed by atoms with Crippen LogP contribution < -0.4 is 20.1 Å². The lowest BCUT2D eigenvalue weighted by molar-refractivity contribution is 0.171. The van der Waals surface area contributed by atoms with Gasteiger partial charge in [-0.05, 0) is 55.5 Å². The van der Waals surface area contributed by atoms with Crippen molar-refractivity contribution in [3.05, 3.63) is 53.8 Å². The van der Waals surface area contributed by atoms with E-state index in [1.165, 1.54) is 32.1 Å². The van der Waals surface area contributed by atoms with Crippen molar-refractivity contribution in [2.24, 2.45) is 11.7 Å². The molecule has 2 fully saturated rings. The monoisotopic (exact) mass is 467 g/mol. The minimum Gasteiger partial charge on any atom is -0.486 e. The van der Waals surface area contributed by atoms with Crippen molar-refractivity contribution < 1.29 is 13.9 Å². The molecule has 0 aromatic heterocycles. The first-order chi connectivity index (χ1) is 16.7. The molecular formula is C28H38FN3O2. The van der Waals surface area contributed by atoms with Crippen LogP contribution in [0.25, 0.3) is 0 Å². The van der Waals surface area contributed by atoms with Crippen molar-refractivity contribution in [2.45, 2.75) is 50.5 Å². The highest BCUT2D eigenvalue weighted by Gasteiger charge is 2.31. The normalized spacial score (nSPS) is 21.3. The third-order valence-corrected chi connectivity index (χ3v) is 7.98. The van der Waals surface area contributed by atoms with Crippen molar-refractivity contribution in [1.29, 1.82) is 0 Å². The Morgan fingerprint density at radius 2 is 1.68 bits per heavy atom. The molecular weight excluding hydrogens is 429 g/mol. The van der Waals surface area contributed by atoms with Gasteiger partial charge in [0.2, 0.25) is 0 Å². The summed E-state index contributed by atoms with van der Waals surface area (Å²) in [6, 6.07) is 13.4. The largest absolute Gasteiger partial charge is 0.486 e. The van der Waals surface area contributed by atoms with E-state index in [0.29, 0.717) is 19.1 Å². The first-order valence-electron chi connectivity index (χ1n) is 13.1. The minimum atomic E-state index is -0.111. The number of piperazine rings is 1. The van der Waals surface area contributed by atoms with Crippen LogP contribution in [-0.4, -0.2) is 56.9 Å². The molecule has 1 saturated heterocycles. The Balaban J connectivity index is 1.22.